The molecule has 0 fully saturated rings. The van der Waals surface area contributed by atoms with Crippen molar-refractivity contribution in [1.29, 1.82) is 0 Å². The van der Waals surface area contributed by atoms with E-state index in [4.69, 9.17) is 16.3 Å². The summed E-state index contributed by atoms with van der Waals surface area (Å²) in [6, 6.07) is 14.5. The Balaban J connectivity index is 2.02. The summed E-state index contributed by atoms with van der Waals surface area (Å²) in [5.74, 6) is -0.0476. The maximum Gasteiger partial charge on any atom is 0.263 e. The number of benzene rings is 2. The second-order valence-electron chi connectivity index (χ2n) is 6.31. The quantitative estimate of drug-likeness (QED) is 0.733. The molecule has 2 aromatic rings. The summed E-state index contributed by atoms with van der Waals surface area (Å²) < 4.78 is 5.70. The lowest BCUT2D eigenvalue weighted by atomic mass is 10.2. The topological polar surface area (TPSA) is 58.6 Å². The minimum atomic E-state index is -0.747. The Hall–Kier alpha value is -2.53. The van der Waals surface area contributed by atoms with Gasteiger partial charge in [-0.15, -0.1) is 0 Å². The maximum absolute atomic E-state index is 12.8. The van der Waals surface area contributed by atoms with E-state index in [2.05, 4.69) is 5.32 Å². The molecule has 1 N–H and O–H groups in total. The molecule has 2 rings (SSSR count). The van der Waals surface area contributed by atoms with Crippen LogP contribution in [-0.4, -0.2) is 35.9 Å². The van der Waals surface area contributed by atoms with Gasteiger partial charge in [0.15, 0.2) is 6.10 Å². The van der Waals surface area contributed by atoms with Gasteiger partial charge in [0.2, 0.25) is 5.91 Å². The van der Waals surface area contributed by atoms with Crippen molar-refractivity contribution in [2.45, 2.75) is 33.3 Å². The number of ether oxygens (including phenoxy) is 1. The summed E-state index contributed by atoms with van der Waals surface area (Å²) >= 11 is 6.09. The highest BCUT2D eigenvalue weighted by atomic mass is 35.5. The number of nitrogens with one attached hydrogen (secondary N) is 1. The summed E-state index contributed by atoms with van der Waals surface area (Å²) in [4.78, 5) is 26.7. The van der Waals surface area contributed by atoms with Gasteiger partial charge in [0, 0.05) is 12.2 Å². The van der Waals surface area contributed by atoms with E-state index in [9.17, 15) is 9.59 Å². The molecule has 0 saturated carbocycles. The number of rotatable bonds is 8. The van der Waals surface area contributed by atoms with Crippen LogP contribution in [0.5, 0.6) is 5.75 Å². The molecule has 5 nitrogen and oxygen atoms in total. The second kappa shape index (κ2) is 9.97. The molecular weight excluding hydrogens is 364 g/mol. The number of halogens is 1. The molecule has 0 heterocycles. The van der Waals surface area contributed by atoms with Crippen molar-refractivity contribution in [3.63, 3.8) is 0 Å². The lowest BCUT2D eigenvalue weighted by Gasteiger charge is -2.25. The van der Waals surface area contributed by atoms with Gasteiger partial charge in [-0.25, -0.2) is 0 Å². The van der Waals surface area contributed by atoms with Gasteiger partial charge in [0.1, 0.15) is 5.75 Å². The first-order chi connectivity index (χ1) is 12.9. The van der Waals surface area contributed by atoms with Crippen LogP contribution < -0.4 is 10.1 Å². The van der Waals surface area contributed by atoms with Crippen molar-refractivity contribution in [3.8, 4) is 5.75 Å². The number of carbonyl (C=O) groups is 2. The molecule has 1 unspecified atom stereocenters. The zero-order valence-corrected chi connectivity index (χ0v) is 16.6. The average molecular weight is 389 g/mol. The van der Waals surface area contributed by atoms with E-state index in [0.717, 1.165) is 17.7 Å². The lowest BCUT2D eigenvalue weighted by molar-refractivity contribution is -0.140. The van der Waals surface area contributed by atoms with Gasteiger partial charge in [-0.1, -0.05) is 48.9 Å². The Kier molecular flexibility index (Phi) is 7.67. The van der Waals surface area contributed by atoms with Crippen LogP contribution in [0.1, 0.15) is 25.8 Å². The third-order valence-corrected chi connectivity index (χ3v) is 4.36. The van der Waals surface area contributed by atoms with Crippen molar-refractivity contribution >= 4 is 29.1 Å². The smallest absolute Gasteiger partial charge is 0.263 e. The van der Waals surface area contributed by atoms with Crippen LogP contribution in [-0.2, 0) is 9.59 Å². The highest BCUT2D eigenvalue weighted by Gasteiger charge is 2.24. The largest absolute Gasteiger partial charge is 0.479 e. The standard InChI is InChI=1S/C21H25ClN2O3/c1-4-13-24(14-20(25)23-18-11-7-5-9-15(18)2)21(26)16(3)27-19-12-8-6-10-17(19)22/h5-12,16H,4,13-14H2,1-3H3,(H,23,25). The Labute approximate surface area is 165 Å². The molecule has 2 amide bonds. The van der Waals surface area contributed by atoms with Crippen LogP contribution in [0.3, 0.4) is 0 Å². The van der Waals surface area contributed by atoms with Crippen LogP contribution in [0.2, 0.25) is 5.02 Å². The maximum atomic E-state index is 12.8. The molecule has 0 aliphatic rings. The molecular formula is C21H25ClN2O3. The Morgan fingerprint density at radius 2 is 1.81 bits per heavy atom. The van der Waals surface area contributed by atoms with Crippen LogP contribution in [0.15, 0.2) is 48.5 Å². The number of aryl methyl sites for hydroxylation is 1. The first kappa shape index (κ1) is 20.8. The van der Waals surface area contributed by atoms with E-state index >= 15 is 0 Å². The number of hydrogen-bond donors (Lipinski definition) is 1. The first-order valence-corrected chi connectivity index (χ1v) is 9.35. The van der Waals surface area contributed by atoms with Crippen LogP contribution in [0.4, 0.5) is 5.69 Å². The van der Waals surface area contributed by atoms with Gasteiger partial charge in [0.25, 0.3) is 5.91 Å². The van der Waals surface area contributed by atoms with Crippen molar-refractivity contribution in [2.24, 2.45) is 0 Å². The van der Waals surface area contributed by atoms with E-state index in [1.165, 1.54) is 4.90 Å². The van der Waals surface area contributed by atoms with Crippen LogP contribution >= 0.6 is 11.6 Å². The van der Waals surface area contributed by atoms with Crippen molar-refractivity contribution < 1.29 is 14.3 Å². The minimum Gasteiger partial charge on any atom is -0.479 e. The molecule has 27 heavy (non-hydrogen) atoms. The lowest BCUT2D eigenvalue weighted by Crippen LogP contribution is -2.44. The monoisotopic (exact) mass is 388 g/mol. The number of para-hydroxylation sites is 2. The van der Waals surface area contributed by atoms with Gasteiger partial charge in [-0.05, 0) is 44.0 Å². The fourth-order valence-corrected chi connectivity index (χ4v) is 2.83. The van der Waals surface area contributed by atoms with Crippen molar-refractivity contribution in [1.82, 2.24) is 4.90 Å². The number of amides is 2. The molecule has 2 aromatic carbocycles. The highest BCUT2D eigenvalue weighted by Crippen LogP contribution is 2.24. The fourth-order valence-electron chi connectivity index (χ4n) is 2.65. The Bertz CT molecular complexity index is 795. The molecule has 0 saturated heterocycles. The van der Waals surface area contributed by atoms with E-state index in [0.29, 0.717) is 17.3 Å². The van der Waals surface area contributed by atoms with E-state index < -0.39 is 6.10 Å². The third kappa shape index (κ3) is 6.00. The fraction of sp³-hybridized carbons (Fsp3) is 0.333. The number of hydrogen-bond acceptors (Lipinski definition) is 3. The van der Waals surface area contributed by atoms with E-state index in [1.807, 2.05) is 38.1 Å². The zero-order chi connectivity index (χ0) is 19.8. The number of nitrogens with zero attached hydrogens (tertiary/aromatic N) is 1. The Morgan fingerprint density at radius 3 is 2.48 bits per heavy atom. The minimum absolute atomic E-state index is 0.0305. The third-order valence-electron chi connectivity index (χ3n) is 4.05. The SMILES string of the molecule is CCCN(CC(=O)Nc1ccccc1C)C(=O)C(C)Oc1ccccc1Cl. The predicted octanol–water partition coefficient (Wildman–Crippen LogP) is 4.29. The first-order valence-electron chi connectivity index (χ1n) is 8.97. The molecule has 0 aliphatic heterocycles. The predicted molar refractivity (Wildman–Crippen MR) is 108 cm³/mol. The summed E-state index contributed by atoms with van der Waals surface area (Å²) in [6.45, 7) is 5.98. The second-order valence-corrected chi connectivity index (χ2v) is 6.72. The van der Waals surface area contributed by atoms with Gasteiger partial charge in [-0.3, -0.25) is 9.59 Å². The Morgan fingerprint density at radius 1 is 1.15 bits per heavy atom. The van der Waals surface area contributed by atoms with Crippen LogP contribution in [0, 0.1) is 6.92 Å². The zero-order valence-electron chi connectivity index (χ0n) is 15.9. The van der Waals surface area contributed by atoms with Crippen molar-refractivity contribution in [2.75, 3.05) is 18.4 Å². The molecule has 144 valence electrons. The number of carbonyl (C=O) groups excluding carboxylic acids is 2. The summed E-state index contributed by atoms with van der Waals surface area (Å²) in [5.41, 5.74) is 1.71. The molecule has 0 bridgehead atoms. The normalized spacial score (nSPS) is 11.6. The molecule has 1 atom stereocenters. The van der Waals surface area contributed by atoms with E-state index in [-0.39, 0.29) is 18.4 Å². The summed E-state index contributed by atoms with van der Waals surface area (Å²) in [6.07, 6.45) is -0.00920. The van der Waals surface area contributed by atoms with E-state index in [1.54, 1.807) is 31.2 Å². The van der Waals surface area contributed by atoms with Gasteiger partial charge < -0.3 is 15.0 Å². The molecule has 0 spiro atoms. The molecule has 0 aromatic heterocycles. The molecule has 0 radical (unpaired) electrons. The van der Waals surface area contributed by atoms with Gasteiger partial charge in [-0.2, -0.15) is 0 Å². The van der Waals surface area contributed by atoms with Gasteiger partial charge in [0.05, 0.1) is 11.6 Å². The summed E-state index contributed by atoms with van der Waals surface area (Å²) in [5, 5.41) is 3.30. The molecule has 6 heteroatoms. The molecule has 0 aliphatic carbocycles. The van der Waals surface area contributed by atoms with Gasteiger partial charge >= 0.3 is 0 Å². The summed E-state index contributed by atoms with van der Waals surface area (Å²) in [7, 11) is 0. The van der Waals surface area contributed by atoms with Crippen molar-refractivity contribution in [3.05, 3.63) is 59.1 Å². The number of anilines is 1. The average Bonchev–Trinajstić information content (AvgIpc) is 2.64. The van der Waals surface area contributed by atoms with Crippen LogP contribution in [0.25, 0.3) is 0 Å². The highest BCUT2D eigenvalue weighted by molar-refractivity contribution is 6.32.